The molecular formula is C12H11BrFNO2S. The van der Waals surface area contributed by atoms with Crippen LogP contribution in [-0.2, 0) is 9.59 Å². The summed E-state index contributed by atoms with van der Waals surface area (Å²) in [6, 6.07) is 4.48. The van der Waals surface area contributed by atoms with E-state index in [1.54, 1.807) is 12.1 Å². The number of hydrogen-bond acceptors (Lipinski definition) is 3. The summed E-state index contributed by atoms with van der Waals surface area (Å²) in [6.07, 6.45) is 0.274. The van der Waals surface area contributed by atoms with Gasteiger partial charge in [-0.3, -0.25) is 9.59 Å². The third-order valence-corrected chi connectivity index (χ3v) is 4.10. The average molecular weight is 332 g/mol. The van der Waals surface area contributed by atoms with Gasteiger partial charge in [-0.15, -0.1) is 0 Å². The van der Waals surface area contributed by atoms with E-state index in [1.807, 2.05) is 0 Å². The van der Waals surface area contributed by atoms with E-state index in [0.29, 0.717) is 6.54 Å². The van der Waals surface area contributed by atoms with Crippen LogP contribution in [0.5, 0.6) is 0 Å². The van der Waals surface area contributed by atoms with Crippen LogP contribution in [0.2, 0.25) is 0 Å². The number of anilines is 1. The normalized spacial score (nSPS) is 19.4. The molecule has 0 spiro atoms. The first-order valence-corrected chi connectivity index (χ1v) is 7.07. The molecule has 0 bridgehead atoms. The summed E-state index contributed by atoms with van der Waals surface area (Å²) in [6.45, 7) is 1.84. The largest absolute Gasteiger partial charge is 0.308 e. The zero-order chi connectivity index (χ0) is 13.3. The number of thioether (sulfide) groups is 1. The van der Waals surface area contributed by atoms with Crippen molar-refractivity contribution in [1.82, 2.24) is 0 Å². The van der Waals surface area contributed by atoms with Gasteiger partial charge in [0.2, 0.25) is 5.91 Å². The molecule has 0 aromatic heterocycles. The van der Waals surface area contributed by atoms with Gasteiger partial charge in [-0.05, 0) is 18.2 Å². The highest BCUT2D eigenvalue weighted by Crippen LogP contribution is 2.31. The van der Waals surface area contributed by atoms with Gasteiger partial charge in [0.15, 0.2) is 5.12 Å². The van der Waals surface area contributed by atoms with Gasteiger partial charge in [0.25, 0.3) is 0 Å². The molecule has 1 atom stereocenters. The summed E-state index contributed by atoms with van der Waals surface area (Å²) in [4.78, 5) is 24.3. The first-order chi connectivity index (χ1) is 8.47. The van der Waals surface area contributed by atoms with Gasteiger partial charge in [0, 0.05) is 29.6 Å². The van der Waals surface area contributed by atoms with Crippen LogP contribution in [0.1, 0.15) is 13.3 Å². The van der Waals surface area contributed by atoms with Crippen molar-refractivity contribution in [3.8, 4) is 0 Å². The molecule has 0 radical (unpaired) electrons. The SMILES string of the molecule is CC(=O)SC1CC(=O)N(c2cc(Br)ccc2F)C1. The van der Waals surface area contributed by atoms with Crippen molar-refractivity contribution in [2.24, 2.45) is 0 Å². The maximum atomic E-state index is 13.7. The van der Waals surface area contributed by atoms with E-state index in [0.717, 1.165) is 16.2 Å². The van der Waals surface area contributed by atoms with E-state index in [-0.39, 0.29) is 28.4 Å². The minimum absolute atomic E-state index is 0.0237. The Kier molecular flexibility index (Phi) is 4.07. The second kappa shape index (κ2) is 5.40. The Balaban J connectivity index is 2.21. The number of benzene rings is 1. The summed E-state index contributed by atoms with van der Waals surface area (Å²) < 4.78 is 14.4. The van der Waals surface area contributed by atoms with Crippen molar-refractivity contribution in [2.45, 2.75) is 18.6 Å². The van der Waals surface area contributed by atoms with Gasteiger partial charge in [-0.2, -0.15) is 0 Å². The minimum atomic E-state index is -0.431. The van der Waals surface area contributed by atoms with Crippen molar-refractivity contribution in [2.75, 3.05) is 11.4 Å². The summed E-state index contributed by atoms with van der Waals surface area (Å²) in [7, 11) is 0. The molecule has 1 heterocycles. The fourth-order valence-electron chi connectivity index (χ4n) is 1.91. The second-order valence-corrected chi connectivity index (χ2v) is 6.43. The average Bonchev–Trinajstić information content (AvgIpc) is 2.62. The monoisotopic (exact) mass is 331 g/mol. The zero-order valence-electron chi connectivity index (χ0n) is 9.65. The van der Waals surface area contributed by atoms with E-state index in [1.165, 1.54) is 17.9 Å². The smallest absolute Gasteiger partial charge is 0.228 e. The number of rotatable bonds is 2. The quantitative estimate of drug-likeness (QED) is 0.836. The minimum Gasteiger partial charge on any atom is -0.308 e. The molecule has 1 aromatic rings. The van der Waals surface area contributed by atoms with Gasteiger partial charge >= 0.3 is 0 Å². The van der Waals surface area contributed by atoms with Crippen LogP contribution in [0.15, 0.2) is 22.7 Å². The molecule has 0 saturated carbocycles. The van der Waals surface area contributed by atoms with Crippen LogP contribution in [0.4, 0.5) is 10.1 Å². The first kappa shape index (κ1) is 13.5. The van der Waals surface area contributed by atoms with Crippen molar-refractivity contribution in [3.63, 3.8) is 0 Å². The van der Waals surface area contributed by atoms with Crippen LogP contribution >= 0.6 is 27.7 Å². The predicted octanol–water partition coefficient (Wildman–Crippen LogP) is 2.97. The third kappa shape index (κ3) is 2.92. The molecule has 18 heavy (non-hydrogen) atoms. The molecule has 1 aromatic carbocycles. The fraction of sp³-hybridized carbons (Fsp3) is 0.333. The highest BCUT2D eigenvalue weighted by atomic mass is 79.9. The van der Waals surface area contributed by atoms with Gasteiger partial charge in [0.05, 0.1) is 5.69 Å². The number of carbonyl (C=O) groups is 2. The molecular weight excluding hydrogens is 321 g/mol. The molecule has 2 rings (SSSR count). The van der Waals surface area contributed by atoms with Gasteiger partial charge in [-0.25, -0.2) is 4.39 Å². The number of carbonyl (C=O) groups excluding carboxylic acids is 2. The van der Waals surface area contributed by atoms with E-state index in [9.17, 15) is 14.0 Å². The van der Waals surface area contributed by atoms with Crippen molar-refractivity contribution in [1.29, 1.82) is 0 Å². The van der Waals surface area contributed by atoms with Crippen LogP contribution in [0.3, 0.4) is 0 Å². The van der Waals surface area contributed by atoms with Crippen LogP contribution in [0.25, 0.3) is 0 Å². The highest BCUT2D eigenvalue weighted by Gasteiger charge is 2.33. The molecule has 6 heteroatoms. The van der Waals surface area contributed by atoms with Crippen molar-refractivity contribution in [3.05, 3.63) is 28.5 Å². The summed E-state index contributed by atoms with van der Waals surface area (Å²) >= 11 is 4.39. The zero-order valence-corrected chi connectivity index (χ0v) is 12.1. The van der Waals surface area contributed by atoms with Crippen LogP contribution in [0, 0.1) is 5.82 Å². The van der Waals surface area contributed by atoms with Gasteiger partial charge in [0.1, 0.15) is 5.82 Å². The van der Waals surface area contributed by atoms with E-state index >= 15 is 0 Å². The van der Waals surface area contributed by atoms with Gasteiger partial charge < -0.3 is 4.90 Å². The van der Waals surface area contributed by atoms with E-state index in [4.69, 9.17) is 0 Å². The van der Waals surface area contributed by atoms with Crippen LogP contribution in [-0.4, -0.2) is 22.8 Å². The number of hydrogen-bond donors (Lipinski definition) is 0. The Morgan fingerprint density at radius 2 is 2.28 bits per heavy atom. The molecule has 0 N–H and O–H groups in total. The fourth-order valence-corrected chi connectivity index (χ4v) is 3.18. The summed E-state index contributed by atoms with van der Waals surface area (Å²) in [5.74, 6) is -0.578. The maximum absolute atomic E-state index is 13.7. The second-order valence-electron chi connectivity index (χ2n) is 4.04. The molecule has 1 aliphatic rings. The summed E-state index contributed by atoms with van der Waals surface area (Å²) in [5.41, 5.74) is 0.265. The lowest BCUT2D eigenvalue weighted by atomic mass is 10.3. The Hall–Kier alpha value is -0.880. The lowest BCUT2D eigenvalue weighted by molar-refractivity contribution is -0.117. The Labute approximate surface area is 117 Å². The topological polar surface area (TPSA) is 37.4 Å². The molecule has 1 unspecified atom stereocenters. The number of nitrogens with zero attached hydrogens (tertiary/aromatic N) is 1. The standard InChI is InChI=1S/C12H11BrFNO2S/c1-7(16)18-9-5-12(17)15(6-9)11-4-8(13)2-3-10(11)14/h2-4,9H,5-6H2,1H3. The molecule has 1 fully saturated rings. The molecule has 1 amide bonds. The van der Waals surface area contributed by atoms with Gasteiger partial charge in [-0.1, -0.05) is 27.7 Å². The maximum Gasteiger partial charge on any atom is 0.228 e. The van der Waals surface area contributed by atoms with E-state index < -0.39 is 5.82 Å². The first-order valence-electron chi connectivity index (χ1n) is 5.40. The van der Waals surface area contributed by atoms with Crippen LogP contribution < -0.4 is 4.90 Å². The molecule has 0 aliphatic carbocycles. The number of amides is 1. The molecule has 96 valence electrons. The predicted molar refractivity (Wildman–Crippen MR) is 73.1 cm³/mol. The van der Waals surface area contributed by atoms with E-state index in [2.05, 4.69) is 15.9 Å². The lowest BCUT2D eigenvalue weighted by Gasteiger charge is -2.17. The Morgan fingerprint density at radius 3 is 2.94 bits per heavy atom. The van der Waals surface area contributed by atoms with Crippen molar-refractivity contribution < 1.29 is 14.0 Å². The van der Waals surface area contributed by atoms with Crippen molar-refractivity contribution >= 4 is 44.4 Å². The molecule has 3 nitrogen and oxygen atoms in total. The third-order valence-electron chi connectivity index (χ3n) is 2.62. The number of halogens is 2. The summed E-state index contributed by atoms with van der Waals surface area (Å²) in [5, 5.41) is -0.113. The Morgan fingerprint density at radius 1 is 1.56 bits per heavy atom. The Bertz CT molecular complexity index is 509. The molecule has 1 aliphatic heterocycles. The molecule has 1 saturated heterocycles. The highest BCUT2D eigenvalue weighted by molar-refractivity contribution is 9.10. The lowest BCUT2D eigenvalue weighted by Crippen LogP contribution is -2.26.